The zero-order chi connectivity index (χ0) is 15.7. The molecule has 3 rings (SSSR count). The highest BCUT2D eigenvalue weighted by Gasteiger charge is 2.06. The van der Waals surface area contributed by atoms with Crippen LogP contribution in [0.5, 0.6) is 0 Å². The van der Waals surface area contributed by atoms with Crippen molar-refractivity contribution in [2.24, 2.45) is 0 Å². The minimum atomic E-state index is -0.413. The Labute approximate surface area is 132 Å². The van der Waals surface area contributed by atoms with E-state index in [1.54, 1.807) is 30.3 Å². The van der Waals surface area contributed by atoms with Crippen molar-refractivity contribution >= 4 is 38.8 Å². The van der Waals surface area contributed by atoms with Gasteiger partial charge in [0.25, 0.3) is 0 Å². The van der Waals surface area contributed by atoms with Crippen LogP contribution in [-0.2, 0) is 0 Å². The van der Waals surface area contributed by atoms with Crippen molar-refractivity contribution in [3.05, 3.63) is 74.4 Å². The van der Waals surface area contributed by atoms with Gasteiger partial charge in [-0.2, -0.15) is 0 Å². The van der Waals surface area contributed by atoms with Crippen LogP contribution in [0.25, 0.3) is 17.1 Å². The molecule has 0 aliphatic heterocycles. The van der Waals surface area contributed by atoms with Gasteiger partial charge in [-0.3, -0.25) is 4.79 Å². The largest absolute Gasteiger partial charge is 0.323 e. The Morgan fingerprint density at radius 2 is 1.86 bits per heavy atom. The number of ketones is 1. The summed E-state index contributed by atoms with van der Waals surface area (Å²) in [5, 5.41) is 0. The third kappa shape index (κ3) is 2.92. The first-order valence-corrected chi connectivity index (χ1v) is 7.22. The number of aromatic amines is 2. The highest BCUT2D eigenvalue weighted by Crippen LogP contribution is 2.17. The molecule has 0 aliphatic carbocycles. The van der Waals surface area contributed by atoms with Crippen molar-refractivity contribution < 1.29 is 9.18 Å². The normalized spacial score (nSPS) is 11.4. The number of hydrogen-bond donors (Lipinski definition) is 2. The van der Waals surface area contributed by atoms with Crippen LogP contribution >= 0.6 is 15.9 Å². The average Bonchev–Trinajstić information content (AvgIpc) is 2.85. The van der Waals surface area contributed by atoms with Crippen molar-refractivity contribution in [3.8, 4) is 0 Å². The summed E-state index contributed by atoms with van der Waals surface area (Å²) in [5.41, 5.74) is 1.60. The summed E-state index contributed by atoms with van der Waals surface area (Å²) in [6.45, 7) is 0. The van der Waals surface area contributed by atoms with Crippen molar-refractivity contribution in [2.45, 2.75) is 0 Å². The molecule has 2 aromatic carbocycles. The molecule has 22 heavy (non-hydrogen) atoms. The number of aromatic nitrogens is 2. The molecular formula is C16H10BrFN2O2. The van der Waals surface area contributed by atoms with Gasteiger partial charge in [-0.05, 0) is 42.5 Å². The molecule has 0 atom stereocenters. The SMILES string of the molecule is O=C(C=Cc1ccc(Br)cc1F)c1ccc2[nH]c(=O)[nH]c2c1. The Morgan fingerprint density at radius 1 is 1.09 bits per heavy atom. The molecule has 2 N–H and O–H groups in total. The van der Waals surface area contributed by atoms with E-state index in [1.807, 2.05) is 0 Å². The number of halogens is 2. The van der Waals surface area contributed by atoms with Crippen LogP contribution in [-0.4, -0.2) is 15.8 Å². The van der Waals surface area contributed by atoms with Gasteiger partial charge < -0.3 is 9.97 Å². The highest BCUT2D eigenvalue weighted by atomic mass is 79.9. The molecule has 1 aromatic heterocycles. The van der Waals surface area contributed by atoms with Gasteiger partial charge in [-0.15, -0.1) is 0 Å². The molecule has 3 aromatic rings. The molecule has 1 heterocycles. The maximum absolute atomic E-state index is 13.7. The smallest absolute Gasteiger partial charge is 0.306 e. The maximum Gasteiger partial charge on any atom is 0.323 e. The zero-order valence-electron chi connectivity index (χ0n) is 11.2. The van der Waals surface area contributed by atoms with Crippen LogP contribution < -0.4 is 5.69 Å². The molecule has 0 bridgehead atoms. The summed E-state index contributed by atoms with van der Waals surface area (Å²) < 4.78 is 14.3. The van der Waals surface area contributed by atoms with Crippen LogP contribution in [0.1, 0.15) is 15.9 Å². The van der Waals surface area contributed by atoms with Crippen LogP contribution in [0, 0.1) is 5.82 Å². The van der Waals surface area contributed by atoms with Crippen LogP contribution in [0.15, 0.2) is 51.7 Å². The summed E-state index contributed by atoms with van der Waals surface area (Å²) in [6, 6.07) is 9.45. The number of fused-ring (bicyclic) bond motifs is 1. The Balaban J connectivity index is 1.88. The van der Waals surface area contributed by atoms with Crippen molar-refractivity contribution in [3.63, 3.8) is 0 Å². The fraction of sp³-hybridized carbons (Fsp3) is 0. The zero-order valence-corrected chi connectivity index (χ0v) is 12.8. The monoisotopic (exact) mass is 360 g/mol. The number of allylic oxidation sites excluding steroid dienone is 1. The Kier molecular flexibility index (Phi) is 3.77. The second kappa shape index (κ2) is 5.73. The van der Waals surface area contributed by atoms with Crippen LogP contribution in [0.2, 0.25) is 0 Å². The molecule has 0 fully saturated rings. The number of imidazole rings is 1. The lowest BCUT2D eigenvalue weighted by atomic mass is 10.1. The number of rotatable bonds is 3. The van der Waals surface area contributed by atoms with Gasteiger partial charge in [0.05, 0.1) is 11.0 Å². The fourth-order valence-electron chi connectivity index (χ4n) is 2.08. The van der Waals surface area contributed by atoms with Crippen LogP contribution in [0.3, 0.4) is 0 Å². The second-order valence-electron chi connectivity index (χ2n) is 4.70. The molecule has 0 spiro atoms. The predicted octanol–water partition coefficient (Wildman–Crippen LogP) is 3.65. The van der Waals surface area contributed by atoms with Crippen molar-refractivity contribution in [1.82, 2.24) is 9.97 Å². The summed E-state index contributed by atoms with van der Waals surface area (Å²) in [5.74, 6) is -0.685. The average molecular weight is 361 g/mol. The Morgan fingerprint density at radius 3 is 2.64 bits per heavy atom. The molecule has 0 amide bonds. The number of hydrogen-bond acceptors (Lipinski definition) is 2. The molecule has 6 heteroatoms. The van der Waals surface area contributed by atoms with E-state index in [4.69, 9.17) is 0 Å². The number of nitrogens with one attached hydrogen (secondary N) is 2. The third-order valence-electron chi connectivity index (χ3n) is 3.18. The van der Waals surface area contributed by atoms with E-state index in [2.05, 4.69) is 25.9 Å². The van der Waals surface area contributed by atoms with Gasteiger partial charge in [0.15, 0.2) is 5.78 Å². The molecule has 0 saturated heterocycles. The standard InChI is InChI=1S/C16H10BrFN2O2/c17-11-4-1-9(12(18)8-11)3-6-15(21)10-2-5-13-14(7-10)20-16(22)19-13/h1-8H,(H2,19,20,22). The summed E-state index contributed by atoms with van der Waals surface area (Å²) in [6.07, 6.45) is 2.73. The number of benzene rings is 2. The Hall–Kier alpha value is -2.47. The molecule has 0 unspecified atom stereocenters. The molecule has 110 valence electrons. The summed E-state index contributed by atoms with van der Waals surface area (Å²) in [7, 11) is 0. The molecule has 4 nitrogen and oxygen atoms in total. The summed E-state index contributed by atoms with van der Waals surface area (Å²) >= 11 is 3.18. The lowest BCUT2D eigenvalue weighted by Gasteiger charge is -1.98. The van der Waals surface area contributed by atoms with Gasteiger partial charge in [0.2, 0.25) is 0 Å². The maximum atomic E-state index is 13.7. The predicted molar refractivity (Wildman–Crippen MR) is 86.4 cm³/mol. The third-order valence-corrected chi connectivity index (χ3v) is 3.67. The van der Waals surface area contributed by atoms with Gasteiger partial charge >= 0.3 is 5.69 Å². The number of H-pyrrole nitrogens is 2. The number of carbonyl (C=O) groups excluding carboxylic acids is 1. The Bertz CT molecular complexity index is 956. The van der Waals surface area contributed by atoms with E-state index in [-0.39, 0.29) is 11.5 Å². The van der Waals surface area contributed by atoms with E-state index in [0.717, 1.165) is 0 Å². The van der Waals surface area contributed by atoms with Gasteiger partial charge in [-0.25, -0.2) is 9.18 Å². The molecule has 0 radical (unpaired) electrons. The molecule has 0 saturated carbocycles. The van der Waals surface area contributed by atoms with Crippen molar-refractivity contribution in [2.75, 3.05) is 0 Å². The minimum Gasteiger partial charge on any atom is -0.306 e. The van der Waals surface area contributed by atoms with E-state index in [1.165, 1.54) is 18.2 Å². The van der Waals surface area contributed by atoms with Gasteiger partial charge in [0, 0.05) is 15.6 Å². The fourth-order valence-corrected chi connectivity index (χ4v) is 2.42. The van der Waals surface area contributed by atoms with E-state index in [9.17, 15) is 14.0 Å². The first kappa shape index (κ1) is 14.5. The quantitative estimate of drug-likeness (QED) is 0.552. The minimum absolute atomic E-state index is 0.272. The van der Waals surface area contributed by atoms with E-state index >= 15 is 0 Å². The molecule has 0 aliphatic rings. The number of carbonyl (C=O) groups is 1. The lowest BCUT2D eigenvalue weighted by Crippen LogP contribution is -1.99. The first-order valence-electron chi connectivity index (χ1n) is 6.42. The van der Waals surface area contributed by atoms with E-state index < -0.39 is 5.82 Å². The van der Waals surface area contributed by atoms with E-state index in [0.29, 0.717) is 26.6 Å². The van der Waals surface area contributed by atoms with Crippen molar-refractivity contribution in [1.29, 1.82) is 0 Å². The van der Waals surface area contributed by atoms with Gasteiger partial charge in [0.1, 0.15) is 5.82 Å². The summed E-state index contributed by atoms with van der Waals surface area (Å²) in [4.78, 5) is 28.5. The van der Waals surface area contributed by atoms with Crippen LogP contribution in [0.4, 0.5) is 4.39 Å². The van der Waals surface area contributed by atoms with Gasteiger partial charge in [-0.1, -0.05) is 22.0 Å². The topological polar surface area (TPSA) is 65.7 Å². The first-order chi connectivity index (χ1) is 10.5. The lowest BCUT2D eigenvalue weighted by molar-refractivity contribution is 0.104. The second-order valence-corrected chi connectivity index (χ2v) is 5.62. The molecular weight excluding hydrogens is 351 g/mol. The highest BCUT2D eigenvalue weighted by molar-refractivity contribution is 9.10.